The Bertz CT molecular complexity index is 1160. The molecule has 0 spiro atoms. The molecule has 3 heterocycles. The Morgan fingerprint density at radius 1 is 1.06 bits per heavy atom. The smallest absolute Gasteiger partial charge is 0.252 e. The van der Waals surface area contributed by atoms with Gasteiger partial charge in [-0.2, -0.15) is 0 Å². The van der Waals surface area contributed by atoms with Gasteiger partial charge in [0.1, 0.15) is 5.82 Å². The first-order chi connectivity index (χ1) is 15.0. The molecule has 1 saturated heterocycles. The number of carbonyl (C=O) groups excluding carboxylic acids is 1. The maximum absolute atomic E-state index is 14.4. The number of halogens is 4. The van der Waals surface area contributed by atoms with Crippen LogP contribution in [-0.2, 0) is 13.1 Å². The Balaban J connectivity index is 0.00000153. The minimum atomic E-state index is -0.522. The summed E-state index contributed by atoms with van der Waals surface area (Å²) in [7, 11) is 0. The molecule has 2 aromatic carbocycles. The molecular formula is C23H26Cl3FN4O2. The lowest BCUT2D eigenvalue weighted by Crippen LogP contribution is -2.46. The van der Waals surface area contributed by atoms with E-state index >= 15 is 0 Å². The van der Waals surface area contributed by atoms with Gasteiger partial charge in [0.25, 0.3) is 5.91 Å². The van der Waals surface area contributed by atoms with Crippen molar-refractivity contribution in [2.75, 3.05) is 39.3 Å². The van der Waals surface area contributed by atoms with E-state index in [1.54, 1.807) is 0 Å². The molecule has 33 heavy (non-hydrogen) atoms. The third-order valence-electron chi connectivity index (χ3n) is 6.23. The molecular weight excluding hydrogens is 490 g/mol. The first-order valence-electron chi connectivity index (χ1n) is 10.5. The number of H-pyrrole nitrogens is 1. The van der Waals surface area contributed by atoms with Crippen LogP contribution in [0.2, 0.25) is 5.02 Å². The van der Waals surface area contributed by atoms with Crippen LogP contribution < -0.4 is 5.32 Å². The summed E-state index contributed by atoms with van der Waals surface area (Å²) >= 11 is 6.08. The van der Waals surface area contributed by atoms with Crippen LogP contribution in [0.4, 0.5) is 4.39 Å². The summed E-state index contributed by atoms with van der Waals surface area (Å²) in [6.45, 7) is 5.92. The van der Waals surface area contributed by atoms with Crippen LogP contribution in [0.5, 0.6) is 0 Å². The Kier molecular flexibility index (Phi) is 8.26. The van der Waals surface area contributed by atoms with Crippen LogP contribution in [0, 0.1) is 5.82 Å². The molecule has 0 radical (unpaired) electrons. The molecule has 1 amide bonds. The minimum Gasteiger partial charge on any atom is -0.395 e. The van der Waals surface area contributed by atoms with Gasteiger partial charge in [0.2, 0.25) is 0 Å². The van der Waals surface area contributed by atoms with Gasteiger partial charge in [-0.25, -0.2) is 4.39 Å². The zero-order chi connectivity index (χ0) is 21.5. The second kappa shape index (κ2) is 10.6. The highest BCUT2D eigenvalue weighted by Crippen LogP contribution is 2.36. The molecule has 3 N–H and O–H groups in total. The lowest BCUT2D eigenvalue weighted by molar-refractivity contribution is 0.0966. The Labute approximate surface area is 208 Å². The van der Waals surface area contributed by atoms with Gasteiger partial charge in [0.15, 0.2) is 0 Å². The molecule has 0 aliphatic carbocycles. The quantitative estimate of drug-likeness (QED) is 0.483. The number of amides is 1. The number of nitrogens with one attached hydrogen (secondary N) is 2. The largest absolute Gasteiger partial charge is 0.395 e. The maximum atomic E-state index is 14.4. The van der Waals surface area contributed by atoms with E-state index in [1.165, 1.54) is 11.6 Å². The Morgan fingerprint density at radius 3 is 2.52 bits per heavy atom. The van der Waals surface area contributed by atoms with Crippen LogP contribution in [-0.4, -0.2) is 65.1 Å². The number of aliphatic hydroxyl groups is 1. The van der Waals surface area contributed by atoms with Crippen molar-refractivity contribution in [3.8, 4) is 11.3 Å². The fourth-order valence-electron chi connectivity index (χ4n) is 4.57. The molecule has 0 atom stereocenters. The number of benzene rings is 2. The number of carbonyl (C=O) groups is 1. The van der Waals surface area contributed by atoms with E-state index in [0.29, 0.717) is 22.4 Å². The number of piperazine rings is 1. The summed E-state index contributed by atoms with van der Waals surface area (Å²) in [5.41, 5.74) is 4.34. The lowest BCUT2D eigenvalue weighted by Gasteiger charge is -2.34. The number of hydrogen-bond donors (Lipinski definition) is 3. The summed E-state index contributed by atoms with van der Waals surface area (Å²) in [6.07, 6.45) is 0. The van der Waals surface area contributed by atoms with Crippen LogP contribution in [0.1, 0.15) is 21.5 Å². The van der Waals surface area contributed by atoms with Gasteiger partial charge < -0.3 is 15.4 Å². The SMILES string of the molecule is Cl.Cl.O=C1NCc2c(Cl)c(F)cc(-c3cc4cc(CN5CCN(CCO)CC5)ccc4[nH]3)c21. The zero-order valence-corrected chi connectivity index (χ0v) is 20.3. The molecule has 1 fully saturated rings. The summed E-state index contributed by atoms with van der Waals surface area (Å²) in [4.78, 5) is 20.4. The molecule has 2 aliphatic heterocycles. The van der Waals surface area contributed by atoms with E-state index in [0.717, 1.165) is 50.2 Å². The highest BCUT2D eigenvalue weighted by molar-refractivity contribution is 6.32. The van der Waals surface area contributed by atoms with Crippen molar-refractivity contribution >= 4 is 53.2 Å². The number of aromatic nitrogens is 1. The lowest BCUT2D eigenvalue weighted by atomic mass is 10.00. The predicted molar refractivity (Wildman–Crippen MR) is 133 cm³/mol. The first-order valence-corrected chi connectivity index (χ1v) is 10.9. The Hall–Kier alpha value is -1.87. The minimum absolute atomic E-state index is 0. The molecule has 5 rings (SSSR count). The standard InChI is InChI=1S/C23H24ClFN4O2.2ClH/c24-22-17-12-26-23(31)21(17)16(11-18(22)25)20-10-15-9-14(1-2-19(15)27-20)13-29-5-3-28(4-6-29)7-8-30;;/h1-2,9-11,27,30H,3-8,12-13H2,(H,26,31);2*1H. The van der Waals surface area contributed by atoms with Crippen molar-refractivity contribution in [2.45, 2.75) is 13.1 Å². The summed E-state index contributed by atoms with van der Waals surface area (Å²) < 4.78 is 14.4. The summed E-state index contributed by atoms with van der Waals surface area (Å²) in [6, 6.07) is 9.57. The van der Waals surface area contributed by atoms with Crippen molar-refractivity contribution in [3.05, 3.63) is 57.9 Å². The fraction of sp³-hybridized carbons (Fsp3) is 0.348. The number of fused-ring (bicyclic) bond motifs is 2. The van der Waals surface area contributed by atoms with E-state index in [4.69, 9.17) is 16.7 Å². The second-order valence-electron chi connectivity index (χ2n) is 8.20. The van der Waals surface area contributed by atoms with Crippen molar-refractivity contribution in [2.24, 2.45) is 0 Å². The van der Waals surface area contributed by atoms with Gasteiger partial charge in [-0.15, -0.1) is 24.8 Å². The van der Waals surface area contributed by atoms with Crippen molar-refractivity contribution in [1.29, 1.82) is 0 Å². The molecule has 1 aromatic heterocycles. The van der Waals surface area contributed by atoms with Gasteiger partial charge in [-0.3, -0.25) is 14.6 Å². The van der Waals surface area contributed by atoms with Crippen LogP contribution in [0.15, 0.2) is 30.3 Å². The van der Waals surface area contributed by atoms with E-state index in [9.17, 15) is 9.18 Å². The number of rotatable bonds is 5. The highest BCUT2D eigenvalue weighted by atomic mass is 35.5. The molecule has 0 unspecified atom stereocenters. The monoisotopic (exact) mass is 514 g/mol. The number of β-amino-alcohol motifs (C(OH)–C–C–N with tert-alkyl or cyclic N) is 1. The van der Waals surface area contributed by atoms with Crippen LogP contribution >= 0.6 is 36.4 Å². The van der Waals surface area contributed by atoms with Crippen molar-refractivity contribution < 1.29 is 14.3 Å². The van der Waals surface area contributed by atoms with E-state index < -0.39 is 5.82 Å². The second-order valence-corrected chi connectivity index (χ2v) is 8.58. The van der Waals surface area contributed by atoms with E-state index in [1.807, 2.05) is 12.1 Å². The van der Waals surface area contributed by atoms with Gasteiger partial charge in [-0.05, 0) is 29.8 Å². The number of aliphatic hydroxyl groups excluding tert-OH is 1. The fourth-order valence-corrected chi connectivity index (χ4v) is 4.79. The molecule has 0 bridgehead atoms. The van der Waals surface area contributed by atoms with Gasteiger partial charge >= 0.3 is 0 Å². The topological polar surface area (TPSA) is 71.6 Å². The average molecular weight is 516 g/mol. The Morgan fingerprint density at radius 2 is 1.79 bits per heavy atom. The van der Waals surface area contributed by atoms with Gasteiger partial charge in [-0.1, -0.05) is 17.7 Å². The van der Waals surface area contributed by atoms with Crippen LogP contribution in [0.3, 0.4) is 0 Å². The third-order valence-corrected chi connectivity index (χ3v) is 6.64. The van der Waals surface area contributed by atoms with Crippen LogP contribution in [0.25, 0.3) is 22.2 Å². The highest BCUT2D eigenvalue weighted by Gasteiger charge is 2.28. The normalized spacial score (nSPS) is 16.3. The van der Waals surface area contributed by atoms with E-state index in [-0.39, 0.29) is 48.9 Å². The number of aromatic amines is 1. The molecule has 2 aliphatic rings. The third kappa shape index (κ3) is 4.99. The molecule has 10 heteroatoms. The molecule has 178 valence electrons. The average Bonchev–Trinajstić information content (AvgIpc) is 3.36. The van der Waals surface area contributed by atoms with Gasteiger partial charge in [0.05, 0.1) is 17.2 Å². The van der Waals surface area contributed by atoms with Crippen molar-refractivity contribution in [1.82, 2.24) is 20.1 Å². The zero-order valence-electron chi connectivity index (χ0n) is 17.9. The van der Waals surface area contributed by atoms with Gasteiger partial charge in [0, 0.05) is 73.5 Å². The predicted octanol–water partition coefficient (Wildman–Crippen LogP) is 3.82. The number of nitrogens with zero attached hydrogens (tertiary/aromatic N) is 2. The number of hydrogen-bond acceptors (Lipinski definition) is 4. The first kappa shape index (κ1) is 25.7. The maximum Gasteiger partial charge on any atom is 0.252 e. The molecule has 3 aromatic rings. The summed E-state index contributed by atoms with van der Waals surface area (Å²) in [5, 5.41) is 12.9. The van der Waals surface area contributed by atoms with Crippen molar-refractivity contribution in [3.63, 3.8) is 0 Å². The summed E-state index contributed by atoms with van der Waals surface area (Å²) in [5.74, 6) is -0.752. The van der Waals surface area contributed by atoms with E-state index in [2.05, 4.69) is 32.2 Å². The molecule has 0 saturated carbocycles. The molecule has 6 nitrogen and oxygen atoms in total.